The minimum Gasteiger partial charge on any atom is -0.484 e. The fourth-order valence-electron chi connectivity index (χ4n) is 1.53. The number of carbonyl (C=O) groups is 1. The van der Waals surface area contributed by atoms with E-state index in [-0.39, 0.29) is 12.5 Å². The maximum atomic E-state index is 11.8. The monoisotopic (exact) mass is 354 g/mol. The second-order valence-electron chi connectivity index (χ2n) is 4.13. The molecule has 0 aliphatic carbocycles. The molecule has 6 heteroatoms. The normalized spacial score (nSPS) is 10.2. The van der Waals surface area contributed by atoms with Gasteiger partial charge in [0.25, 0.3) is 5.91 Å². The number of hydrogen-bond acceptors (Lipinski definition) is 3. The number of carbonyl (C=O) groups excluding carboxylic acids is 1. The van der Waals surface area contributed by atoms with Crippen molar-refractivity contribution in [2.75, 3.05) is 11.9 Å². The van der Waals surface area contributed by atoms with E-state index in [1.807, 2.05) is 13.0 Å². The second kappa shape index (κ2) is 6.72. The highest BCUT2D eigenvalue weighted by atomic mass is 79.9. The van der Waals surface area contributed by atoms with Gasteiger partial charge in [-0.2, -0.15) is 0 Å². The van der Waals surface area contributed by atoms with Crippen molar-refractivity contribution in [3.8, 4) is 5.75 Å². The van der Waals surface area contributed by atoms with E-state index in [1.165, 1.54) is 0 Å². The molecule has 1 heterocycles. The Hall–Kier alpha value is -1.59. The Morgan fingerprint density at radius 2 is 2.25 bits per heavy atom. The number of anilines is 1. The fourth-order valence-corrected chi connectivity index (χ4v) is 1.93. The van der Waals surface area contributed by atoms with Crippen LogP contribution in [0.3, 0.4) is 0 Å². The molecule has 20 heavy (non-hydrogen) atoms. The molecule has 0 atom stereocenters. The highest BCUT2D eigenvalue weighted by Crippen LogP contribution is 2.18. The first-order valence-corrected chi connectivity index (χ1v) is 7.02. The van der Waals surface area contributed by atoms with Crippen LogP contribution < -0.4 is 10.1 Å². The molecule has 0 aliphatic rings. The average Bonchev–Trinajstić information content (AvgIpc) is 2.41. The lowest BCUT2D eigenvalue weighted by Crippen LogP contribution is -2.20. The number of halogens is 2. The van der Waals surface area contributed by atoms with E-state index >= 15 is 0 Å². The average molecular weight is 356 g/mol. The highest BCUT2D eigenvalue weighted by Gasteiger charge is 2.05. The molecule has 1 N–H and O–H groups in total. The van der Waals surface area contributed by atoms with Gasteiger partial charge in [-0.3, -0.25) is 4.79 Å². The minimum absolute atomic E-state index is 0.0878. The van der Waals surface area contributed by atoms with Crippen molar-refractivity contribution in [2.24, 2.45) is 0 Å². The summed E-state index contributed by atoms with van der Waals surface area (Å²) in [6.45, 7) is 1.81. The van der Waals surface area contributed by atoms with Crippen LogP contribution in [0.1, 0.15) is 5.56 Å². The van der Waals surface area contributed by atoms with E-state index in [1.54, 1.807) is 30.5 Å². The summed E-state index contributed by atoms with van der Waals surface area (Å²) in [5.74, 6) is 0.297. The molecular weight excluding hydrogens is 344 g/mol. The summed E-state index contributed by atoms with van der Waals surface area (Å²) >= 11 is 9.13. The van der Waals surface area contributed by atoms with Crippen molar-refractivity contribution in [3.05, 3.63) is 51.7 Å². The second-order valence-corrected chi connectivity index (χ2v) is 5.31. The molecule has 0 aliphatic heterocycles. The number of aryl methyl sites for hydroxylation is 1. The summed E-state index contributed by atoms with van der Waals surface area (Å²) in [6, 6.07) is 8.72. The molecule has 1 amide bonds. The van der Waals surface area contributed by atoms with Crippen molar-refractivity contribution in [1.29, 1.82) is 0 Å². The molecule has 0 spiro atoms. The number of nitrogens with zero attached hydrogens (tertiary/aromatic N) is 1. The lowest BCUT2D eigenvalue weighted by molar-refractivity contribution is -0.118. The minimum atomic E-state index is -0.256. The standard InChI is InChI=1S/C14H12BrClN2O2/c1-9-5-11(7-17-14(9)15)18-13(19)8-20-12-4-2-3-10(16)6-12/h2-7H,8H2,1H3,(H,18,19). The van der Waals surface area contributed by atoms with E-state index in [4.69, 9.17) is 16.3 Å². The van der Waals surface area contributed by atoms with E-state index < -0.39 is 0 Å². The Bertz CT molecular complexity index is 634. The van der Waals surface area contributed by atoms with Crippen LogP contribution in [0, 0.1) is 6.92 Å². The molecule has 0 unspecified atom stereocenters. The maximum absolute atomic E-state index is 11.8. The van der Waals surface area contributed by atoms with Gasteiger partial charge in [0.15, 0.2) is 6.61 Å². The van der Waals surface area contributed by atoms with E-state index in [0.717, 1.165) is 10.2 Å². The third kappa shape index (κ3) is 4.21. The lowest BCUT2D eigenvalue weighted by Gasteiger charge is -2.08. The highest BCUT2D eigenvalue weighted by molar-refractivity contribution is 9.10. The molecule has 1 aromatic carbocycles. The van der Waals surface area contributed by atoms with Gasteiger partial charge < -0.3 is 10.1 Å². The number of aromatic nitrogens is 1. The van der Waals surface area contributed by atoms with Gasteiger partial charge in [-0.05, 0) is 52.7 Å². The number of hydrogen-bond donors (Lipinski definition) is 1. The summed E-state index contributed by atoms with van der Waals surface area (Å²) < 4.78 is 6.10. The molecule has 104 valence electrons. The Morgan fingerprint density at radius 3 is 2.95 bits per heavy atom. The van der Waals surface area contributed by atoms with E-state index in [2.05, 4.69) is 26.2 Å². The number of ether oxygens (including phenoxy) is 1. The van der Waals surface area contributed by atoms with Gasteiger partial charge in [0, 0.05) is 5.02 Å². The first kappa shape index (κ1) is 14.8. The van der Waals surface area contributed by atoms with Gasteiger partial charge in [0.2, 0.25) is 0 Å². The predicted molar refractivity (Wildman–Crippen MR) is 82.3 cm³/mol. The summed E-state index contributed by atoms with van der Waals surface area (Å²) in [5, 5.41) is 3.28. The van der Waals surface area contributed by atoms with Gasteiger partial charge in [-0.25, -0.2) is 4.98 Å². The summed E-state index contributed by atoms with van der Waals surface area (Å²) in [4.78, 5) is 15.9. The van der Waals surface area contributed by atoms with Gasteiger partial charge in [0.1, 0.15) is 10.4 Å². The topological polar surface area (TPSA) is 51.2 Å². The van der Waals surface area contributed by atoms with Crippen molar-refractivity contribution in [2.45, 2.75) is 6.92 Å². The zero-order valence-electron chi connectivity index (χ0n) is 10.7. The van der Waals surface area contributed by atoms with Crippen LogP contribution in [0.15, 0.2) is 41.1 Å². The van der Waals surface area contributed by atoms with Crippen LogP contribution in [-0.4, -0.2) is 17.5 Å². The van der Waals surface area contributed by atoms with Crippen LogP contribution in [0.25, 0.3) is 0 Å². The summed E-state index contributed by atoms with van der Waals surface area (Å²) in [5.41, 5.74) is 1.57. The summed E-state index contributed by atoms with van der Waals surface area (Å²) in [6.07, 6.45) is 1.58. The van der Waals surface area contributed by atoms with E-state index in [0.29, 0.717) is 16.5 Å². The van der Waals surface area contributed by atoms with Crippen LogP contribution in [0.5, 0.6) is 5.75 Å². The maximum Gasteiger partial charge on any atom is 0.262 e. The molecule has 4 nitrogen and oxygen atoms in total. The van der Waals surface area contributed by atoms with Crippen molar-refractivity contribution < 1.29 is 9.53 Å². The Labute approximate surface area is 130 Å². The third-order valence-electron chi connectivity index (χ3n) is 2.46. The lowest BCUT2D eigenvalue weighted by atomic mass is 10.3. The molecule has 2 aromatic rings. The molecule has 0 radical (unpaired) electrons. The molecule has 1 aromatic heterocycles. The number of nitrogens with one attached hydrogen (secondary N) is 1. The quantitative estimate of drug-likeness (QED) is 0.848. The zero-order valence-corrected chi connectivity index (χ0v) is 13.0. The van der Waals surface area contributed by atoms with Gasteiger partial charge >= 0.3 is 0 Å². The van der Waals surface area contributed by atoms with Crippen LogP contribution in [-0.2, 0) is 4.79 Å². The number of benzene rings is 1. The van der Waals surface area contributed by atoms with Crippen LogP contribution >= 0.6 is 27.5 Å². The molecular formula is C14H12BrClN2O2. The Balaban J connectivity index is 1.91. The molecule has 0 saturated carbocycles. The first-order valence-electron chi connectivity index (χ1n) is 5.85. The number of rotatable bonds is 4. The third-order valence-corrected chi connectivity index (χ3v) is 3.53. The van der Waals surface area contributed by atoms with Crippen LogP contribution in [0.4, 0.5) is 5.69 Å². The van der Waals surface area contributed by atoms with Gasteiger partial charge in [-0.15, -0.1) is 0 Å². The molecule has 0 bridgehead atoms. The van der Waals surface area contributed by atoms with Gasteiger partial charge in [0.05, 0.1) is 11.9 Å². The Morgan fingerprint density at radius 1 is 1.45 bits per heavy atom. The van der Waals surface area contributed by atoms with Crippen molar-refractivity contribution in [3.63, 3.8) is 0 Å². The number of pyridine rings is 1. The fraction of sp³-hybridized carbons (Fsp3) is 0.143. The van der Waals surface area contributed by atoms with Gasteiger partial charge in [-0.1, -0.05) is 17.7 Å². The first-order chi connectivity index (χ1) is 9.54. The predicted octanol–water partition coefficient (Wildman–Crippen LogP) is 3.82. The largest absolute Gasteiger partial charge is 0.484 e. The van der Waals surface area contributed by atoms with E-state index in [9.17, 15) is 4.79 Å². The molecule has 0 fully saturated rings. The molecule has 0 saturated heterocycles. The number of amides is 1. The van der Waals surface area contributed by atoms with Crippen LogP contribution in [0.2, 0.25) is 5.02 Å². The SMILES string of the molecule is Cc1cc(NC(=O)COc2cccc(Cl)c2)cnc1Br. The smallest absolute Gasteiger partial charge is 0.262 e. The Kier molecular flexibility index (Phi) is 4.98. The van der Waals surface area contributed by atoms with Crippen molar-refractivity contribution >= 4 is 39.1 Å². The summed E-state index contributed by atoms with van der Waals surface area (Å²) in [7, 11) is 0. The van der Waals surface area contributed by atoms with Crippen molar-refractivity contribution in [1.82, 2.24) is 4.98 Å². The molecule has 2 rings (SSSR count). The zero-order chi connectivity index (χ0) is 14.5.